The molecule has 0 spiro atoms. The normalized spacial score (nSPS) is 16.2. The Kier molecular flexibility index (Phi) is 47.2. The molecule has 0 aromatic rings. The summed E-state index contributed by atoms with van der Waals surface area (Å²) < 4.78 is 0. The van der Waals surface area contributed by atoms with Gasteiger partial charge in [0, 0.05) is 44.6 Å². The smallest absolute Gasteiger partial charge is 0.222 e. The SMILES string of the molecule is CCCCCCCCCCN(CCCCCCCCNC1(CCCCCCCC(=O)N(CCCCCCCCCC)CCCCCCCCCC)CCC(O)CC1)C(=O)CCCCCCCCC. The quantitative estimate of drug-likeness (QED) is 0.0596. The molecule has 2 N–H and O–H groups in total. The highest BCUT2D eigenvalue weighted by Gasteiger charge is 2.33. The molecule has 1 rings (SSSR count). The van der Waals surface area contributed by atoms with Crippen LogP contribution in [0.5, 0.6) is 0 Å². The van der Waals surface area contributed by atoms with E-state index < -0.39 is 0 Å². The van der Waals surface area contributed by atoms with Crippen LogP contribution in [0.25, 0.3) is 0 Å². The third-order valence-corrected chi connectivity index (χ3v) is 15.9. The standard InChI is InChI=1S/C62H123N3O3/c1-5-9-13-17-21-26-35-43-55-64(56-44-36-27-22-18-14-10-6-2)61(68)48-40-32-30-33-41-51-62(52-49-59(66)50-53-62)63-54-42-34-25-29-38-46-58-65(57-45-37-28-23-19-15-11-7-3)60(67)47-39-31-24-20-16-12-8-4/h59,63,66H,5-58H2,1-4H3. The third kappa shape index (κ3) is 39.5. The summed E-state index contributed by atoms with van der Waals surface area (Å²) in [5, 5.41) is 14.4. The van der Waals surface area contributed by atoms with E-state index in [1.54, 1.807) is 0 Å². The Labute approximate surface area is 426 Å². The van der Waals surface area contributed by atoms with Gasteiger partial charge in [0.1, 0.15) is 0 Å². The summed E-state index contributed by atoms with van der Waals surface area (Å²) in [7, 11) is 0. The second-order valence-corrected chi connectivity index (χ2v) is 22.4. The fourth-order valence-corrected chi connectivity index (χ4v) is 11.0. The first-order valence-electron chi connectivity index (χ1n) is 31.4. The zero-order valence-electron chi connectivity index (χ0n) is 46.9. The highest BCUT2D eigenvalue weighted by molar-refractivity contribution is 5.76. The van der Waals surface area contributed by atoms with Crippen LogP contribution in [0.1, 0.15) is 342 Å². The first-order valence-corrected chi connectivity index (χ1v) is 31.4. The minimum atomic E-state index is -0.125. The number of nitrogens with one attached hydrogen (secondary N) is 1. The molecule has 0 aliphatic heterocycles. The Morgan fingerprint density at radius 2 is 0.647 bits per heavy atom. The second kappa shape index (κ2) is 49.4. The molecule has 0 aromatic carbocycles. The molecule has 0 heterocycles. The van der Waals surface area contributed by atoms with Gasteiger partial charge in [-0.3, -0.25) is 9.59 Å². The van der Waals surface area contributed by atoms with E-state index in [1.165, 1.54) is 257 Å². The number of hydrogen-bond acceptors (Lipinski definition) is 4. The van der Waals surface area contributed by atoms with Crippen LogP contribution in [0, 0.1) is 0 Å². The number of rotatable bonds is 53. The average Bonchev–Trinajstić information content (AvgIpc) is 3.34. The maximum Gasteiger partial charge on any atom is 0.222 e. The fourth-order valence-electron chi connectivity index (χ4n) is 11.0. The van der Waals surface area contributed by atoms with E-state index in [9.17, 15) is 14.7 Å². The maximum absolute atomic E-state index is 13.5. The lowest BCUT2D eigenvalue weighted by molar-refractivity contribution is -0.132. The molecule has 0 atom stereocenters. The van der Waals surface area contributed by atoms with Crippen molar-refractivity contribution in [2.45, 2.75) is 354 Å². The molecule has 6 heteroatoms. The summed E-state index contributed by atoms with van der Waals surface area (Å²) in [6, 6.07) is 0. The first kappa shape index (κ1) is 64.9. The molecule has 1 aliphatic carbocycles. The lowest BCUT2D eigenvalue weighted by atomic mass is 9.77. The summed E-state index contributed by atoms with van der Waals surface area (Å²) in [5.74, 6) is 0.829. The lowest BCUT2D eigenvalue weighted by Crippen LogP contribution is -2.49. The van der Waals surface area contributed by atoms with E-state index in [4.69, 9.17) is 0 Å². The van der Waals surface area contributed by atoms with Gasteiger partial charge >= 0.3 is 0 Å². The molecule has 0 saturated heterocycles. The Morgan fingerprint density at radius 1 is 0.382 bits per heavy atom. The predicted octanol–water partition coefficient (Wildman–Crippen LogP) is 18.5. The van der Waals surface area contributed by atoms with E-state index >= 15 is 0 Å². The average molecular weight is 959 g/mol. The summed E-state index contributed by atoms with van der Waals surface area (Å²) in [5.41, 5.74) is 0.195. The number of hydrogen-bond donors (Lipinski definition) is 2. The highest BCUT2D eigenvalue weighted by atomic mass is 16.3. The van der Waals surface area contributed by atoms with Gasteiger partial charge in [-0.1, -0.05) is 252 Å². The molecular weight excluding hydrogens is 835 g/mol. The largest absolute Gasteiger partial charge is 0.393 e. The summed E-state index contributed by atoms with van der Waals surface area (Å²) in [4.78, 5) is 31.3. The van der Waals surface area contributed by atoms with Gasteiger partial charge in [0.25, 0.3) is 0 Å². The summed E-state index contributed by atoms with van der Waals surface area (Å²) >= 11 is 0. The van der Waals surface area contributed by atoms with Crippen molar-refractivity contribution in [3.63, 3.8) is 0 Å². The lowest BCUT2D eigenvalue weighted by Gasteiger charge is -2.40. The van der Waals surface area contributed by atoms with E-state index in [0.29, 0.717) is 11.8 Å². The Balaban J connectivity index is 2.39. The molecular formula is C62H123N3O3. The highest BCUT2D eigenvalue weighted by Crippen LogP contribution is 2.33. The molecule has 0 radical (unpaired) electrons. The Morgan fingerprint density at radius 3 is 0.971 bits per heavy atom. The number of carbonyl (C=O) groups excluding carboxylic acids is 2. The zero-order valence-corrected chi connectivity index (χ0v) is 46.9. The monoisotopic (exact) mass is 958 g/mol. The number of nitrogens with zero attached hydrogens (tertiary/aromatic N) is 2. The van der Waals surface area contributed by atoms with Crippen LogP contribution in [0.4, 0.5) is 0 Å². The van der Waals surface area contributed by atoms with Gasteiger partial charge in [0.05, 0.1) is 6.10 Å². The molecule has 404 valence electrons. The maximum atomic E-state index is 13.5. The van der Waals surface area contributed by atoms with Gasteiger partial charge < -0.3 is 20.2 Å². The second-order valence-electron chi connectivity index (χ2n) is 22.4. The van der Waals surface area contributed by atoms with Crippen molar-refractivity contribution >= 4 is 11.8 Å². The van der Waals surface area contributed by atoms with Gasteiger partial charge in [-0.05, 0) is 83.6 Å². The fraction of sp³-hybridized carbons (Fsp3) is 0.968. The van der Waals surface area contributed by atoms with E-state index in [2.05, 4.69) is 42.8 Å². The zero-order chi connectivity index (χ0) is 49.3. The molecule has 0 bridgehead atoms. The number of aliphatic hydroxyl groups is 1. The predicted molar refractivity (Wildman–Crippen MR) is 299 cm³/mol. The van der Waals surface area contributed by atoms with Crippen molar-refractivity contribution in [2.75, 3.05) is 32.7 Å². The number of unbranched alkanes of at least 4 members (excludes halogenated alkanes) is 36. The van der Waals surface area contributed by atoms with Crippen LogP contribution >= 0.6 is 0 Å². The minimum Gasteiger partial charge on any atom is -0.393 e. The van der Waals surface area contributed by atoms with E-state index in [-0.39, 0.29) is 11.6 Å². The van der Waals surface area contributed by atoms with Crippen molar-refractivity contribution in [3.8, 4) is 0 Å². The van der Waals surface area contributed by atoms with Crippen molar-refractivity contribution in [2.24, 2.45) is 0 Å². The van der Waals surface area contributed by atoms with Crippen molar-refractivity contribution in [1.82, 2.24) is 15.1 Å². The van der Waals surface area contributed by atoms with Crippen molar-refractivity contribution < 1.29 is 14.7 Å². The summed E-state index contributed by atoms with van der Waals surface area (Å²) in [6.45, 7) is 14.1. The number of aliphatic hydroxyl groups excluding tert-OH is 1. The van der Waals surface area contributed by atoms with Gasteiger partial charge in [0.2, 0.25) is 11.8 Å². The van der Waals surface area contributed by atoms with Crippen molar-refractivity contribution in [3.05, 3.63) is 0 Å². The van der Waals surface area contributed by atoms with Gasteiger partial charge in [-0.15, -0.1) is 0 Å². The van der Waals surface area contributed by atoms with Gasteiger partial charge in [-0.25, -0.2) is 0 Å². The van der Waals surface area contributed by atoms with Crippen LogP contribution in [0.2, 0.25) is 0 Å². The molecule has 1 aliphatic rings. The minimum absolute atomic E-state index is 0.125. The van der Waals surface area contributed by atoms with Crippen LogP contribution in [0.15, 0.2) is 0 Å². The molecule has 0 aromatic heterocycles. The van der Waals surface area contributed by atoms with Crippen LogP contribution < -0.4 is 5.32 Å². The molecule has 68 heavy (non-hydrogen) atoms. The number of amides is 2. The first-order chi connectivity index (χ1) is 33.4. The molecule has 0 unspecified atom stereocenters. The van der Waals surface area contributed by atoms with Crippen molar-refractivity contribution in [1.29, 1.82) is 0 Å². The molecule has 1 saturated carbocycles. The molecule has 2 amide bonds. The Hall–Kier alpha value is -1.14. The van der Waals surface area contributed by atoms with Crippen LogP contribution in [-0.2, 0) is 9.59 Å². The van der Waals surface area contributed by atoms with Crippen LogP contribution in [0.3, 0.4) is 0 Å². The van der Waals surface area contributed by atoms with Gasteiger partial charge in [-0.2, -0.15) is 0 Å². The van der Waals surface area contributed by atoms with Gasteiger partial charge in [0.15, 0.2) is 0 Å². The molecule has 6 nitrogen and oxygen atoms in total. The third-order valence-electron chi connectivity index (χ3n) is 15.9. The number of carbonyl (C=O) groups is 2. The van der Waals surface area contributed by atoms with Crippen LogP contribution in [-0.4, -0.2) is 71.1 Å². The van der Waals surface area contributed by atoms with E-state index in [0.717, 1.165) is 90.5 Å². The topological polar surface area (TPSA) is 72.9 Å². The molecule has 1 fully saturated rings. The van der Waals surface area contributed by atoms with E-state index in [1.807, 2.05) is 0 Å². The Bertz CT molecular complexity index is 1040. The summed E-state index contributed by atoms with van der Waals surface area (Å²) in [6.07, 6.45) is 60.6.